The first kappa shape index (κ1) is 21.1. The number of carboxylic acids is 1. The minimum absolute atomic E-state index is 0.456. The summed E-state index contributed by atoms with van der Waals surface area (Å²) in [6.07, 6.45) is 1.82. The van der Waals surface area contributed by atoms with Crippen molar-refractivity contribution < 1.29 is 14.6 Å². The zero-order valence-electron chi connectivity index (χ0n) is 18.2. The summed E-state index contributed by atoms with van der Waals surface area (Å²) < 4.78 is 6.12. The van der Waals surface area contributed by atoms with Crippen molar-refractivity contribution in [2.45, 2.75) is 45.9 Å². The van der Waals surface area contributed by atoms with Crippen molar-refractivity contribution >= 4 is 5.97 Å². The highest BCUT2D eigenvalue weighted by Crippen LogP contribution is 2.29. The predicted octanol–water partition coefficient (Wildman–Crippen LogP) is 5.33. The molecule has 4 rings (SSSR count). The van der Waals surface area contributed by atoms with Crippen LogP contribution in [0.2, 0.25) is 0 Å². The number of carboxylic acid groups (broad SMARTS) is 1. The number of aryl methyl sites for hydroxylation is 1. The first-order chi connectivity index (χ1) is 15.0. The minimum Gasteiger partial charge on any atom is -0.489 e. The van der Waals surface area contributed by atoms with Gasteiger partial charge in [-0.05, 0) is 65.3 Å². The van der Waals surface area contributed by atoms with Gasteiger partial charge in [0.1, 0.15) is 18.4 Å². The molecule has 0 spiro atoms. The molecule has 1 unspecified atom stereocenters. The molecule has 0 amide bonds. The van der Waals surface area contributed by atoms with Crippen molar-refractivity contribution in [1.29, 1.82) is 0 Å². The Labute approximate surface area is 184 Å². The lowest BCUT2D eigenvalue weighted by Gasteiger charge is -2.31. The predicted molar refractivity (Wildman–Crippen MR) is 123 cm³/mol. The lowest BCUT2D eigenvalue weighted by atomic mass is 9.96. The Morgan fingerprint density at radius 2 is 1.87 bits per heavy atom. The van der Waals surface area contributed by atoms with E-state index in [0.29, 0.717) is 13.2 Å². The second-order valence-corrected chi connectivity index (χ2v) is 8.16. The maximum absolute atomic E-state index is 11.3. The summed E-state index contributed by atoms with van der Waals surface area (Å²) in [5.74, 6) is 0.119. The largest absolute Gasteiger partial charge is 0.489 e. The normalized spacial score (nSPS) is 14.6. The van der Waals surface area contributed by atoms with Crippen LogP contribution in [0.1, 0.15) is 36.1 Å². The monoisotopic (exact) mass is 415 g/mol. The first-order valence-corrected chi connectivity index (χ1v) is 10.9. The summed E-state index contributed by atoms with van der Waals surface area (Å²) in [5, 5.41) is 9.27. The van der Waals surface area contributed by atoms with Crippen LogP contribution in [0.15, 0.2) is 66.7 Å². The molecular weight excluding hydrogens is 386 g/mol. The second-order valence-electron chi connectivity index (χ2n) is 8.16. The molecule has 0 radical (unpaired) electrons. The maximum Gasteiger partial charge on any atom is 0.320 e. The first-order valence-electron chi connectivity index (χ1n) is 10.9. The van der Waals surface area contributed by atoms with Crippen molar-refractivity contribution in [2.75, 3.05) is 6.54 Å². The van der Waals surface area contributed by atoms with E-state index in [1.807, 2.05) is 17.0 Å². The lowest BCUT2D eigenvalue weighted by molar-refractivity contribution is -0.143. The lowest BCUT2D eigenvalue weighted by Crippen LogP contribution is -2.42. The summed E-state index contributed by atoms with van der Waals surface area (Å²) in [7, 11) is 0. The molecule has 160 valence electrons. The van der Waals surface area contributed by atoms with Crippen molar-refractivity contribution in [3.05, 3.63) is 89.0 Å². The Balaban J connectivity index is 1.44. The van der Waals surface area contributed by atoms with Crippen molar-refractivity contribution in [3.63, 3.8) is 0 Å². The average molecular weight is 416 g/mol. The molecule has 1 N–H and O–H groups in total. The Hall–Kier alpha value is -3.11. The zero-order valence-corrected chi connectivity index (χ0v) is 18.2. The van der Waals surface area contributed by atoms with E-state index in [9.17, 15) is 9.90 Å². The van der Waals surface area contributed by atoms with Gasteiger partial charge in [-0.25, -0.2) is 0 Å². The third-order valence-electron chi connectivity index (χ3n) is 6.17. The van der Waals surface area contributed by atoms with E-state index in [1.54, 1.807) is 6.92 Å². The Bertz CT molecular complexity index is 1060. The van der Waals surface area contributed by atoms with Crippen molar-refractivity contribution in [1.82, 2.24) is 4.90 Å². The SMILES string of the molecule is CCc1cc(OCc2ccc3c(c2)CCN(C(C)C(=O)O)C3)ccc1-c1ccccc1. The number of nitrogens with zero attached hydrogens (tertiary/aromatic N) is 1. The van der Waals surface area contributed by atoms with Gasteiger partial charge in [0.25, 0.3) is 0 Å². The molecule has 0 aliphatic carbocycles. The van der Waals surface area contributed by atoms with Crippen molar-refractivity contribution in [3.8, 4) is 16.9 Å². The van der Waals surface area contributed by atoms with Gasteiger partial charge in [-0.2, -0.15) is 0 Å². The number of hydrogen-bond donors (Lipinski definition) is 1. The second kappa shape index (κ2) is 9.36. The minimum atomic E-state index is -0.766. The van der Waals surface area contributed by atoms with Gasteiger partial charge in [0.05, 0.1) is 0 Å². The highest BCUT2D eigenvalue weighted by atomic mass is 16.5. The van der Waals surface area contributed by atoms with E-state index in [2.05, 4.69) is 61.5 Å². The topological polar surface area (TPSA) is 49.8 Å². The molecular formula is C27H29NO3. The molecule has 1 aliphatic rings. The van der Waals surface area contributed by atoms with Crippen LogP contribution in [0.4, 0.5) is 0 Å². The smallest absolute Gasteiger partial charge is 0.320 e. The van der Waals surface area contributed by atoms with Crippen LogP contribution in [0.25, 0.3) is 11.1 Å². The van der Waals surface area contributed by atoms with Gasteiger partial charge >= 0.3 is 5.97 Å². The number of hydrogen-bond acceptors (Lipinski definition) is 3. The fourth-order valence-corrected chi connectivity index (χ4v) is 4.22. The summed E-state index contributed by atoms with van der Waals surface area (Å²) >= 11 is 0. The number of carbonyl (C=O) groups is 1. The molecule has 0 aromatic heterocycles. The molecule has 0 saturated carbocycles. The van der Waals surface area contributed by atoms with Crippen LogP contribution in [-0.4, -0.2) is 28.6 Å². The van der Waals surface area contributed by atoms with Gasteiger partial charge in [-0.1, -0.05) is 61.5 Å². The number of benzene rings is 3. The van der Waals surface area contributed by atoms with Crippen LogP contribution in [0.5, 0.6) is 5.75 Å². The molecule has 0 bridgehead atoms. The van der Waals surface area contributed by atoms with E-state index in [4.69, 9.17) is 4.74 Å². The molecule has 0 saturated heterocycles. The third kappa shape index (κ3) is 4.80. The van der Waals surface area contributed by atoms with E-state index in [0.717, 1.165) is 30.7 Å². The number of fused-ring (bicyclic) bond motifs is 1. The number of ether oxygens (including phenoxy) is 1. The zero-order chi connectivity index (χ0) is 21.8. The fourth-order valence-electron chi connectivity index (χ4n) is 4.22. The van der Waals surface area contributed by atoms with E-state index in [1.165, 1.54) is 27.8 Å². The van der Waals surface area contributed by atoms with Crippen LogP contribution in [0, 0.1) is 0 Å². The molecule has 4 heteroatoms. The van der Waals surface area contributed by atoms with Crippen molar-refractivity contribution in [2.24, 2.45) is 0 Å². The van der Waals surface area contributed by atoms with Crippen LogP contribution in [0.3, 0.4) is 0 Å². The Morgan fingerprint density at radius 3 is 2.61 bits per heavy atom. The van der Waals surface area contributed by atoms with Gasteiger partial charge < -0.3 is 9.84 Å². The highest BCUT2D eigenvalue weighted by molar-refractivity contribution is 5.73. The van der Waals surface area contributed by atoms with E-state index < -0.39 is 12.0 Å². The molecule has 0 fully saturated rings. The number of rotatable bonds is 7. The molecule has 1 atom stereocenters. The van der Waals surface area contributed by atoms with Gasteiger partial charge in [0.2, 0.25) is 0 Å². The van der Waals surface area contributed by atoms with Crippen LogP contribution < -0.4 is 4.74 Å². The van der Waals surface area contributed by atoms with E-state index in [-0.39, 0.29) is 0 Å². The molecule has 31 heavy (non-hydrogen) atoms. The van der Waals surface area contributed by atoms with Gasteiger partial charge in [-0.15, -0.1) is 0 Å². The number of aliphatic carboxylic acids is 1. The molecule has 4 nitrogen and oxygen atoms in total. The molecule has 3 aromatic carbocycles. The van der Waals surface area contributed by atoms with Gasteiger partial charge in [-0.3, -0.25) is 9.69 Å². The average Bonchev–Trinajstić information content (AvgIpc) is 2.82. The standard InChI is InChI=1S/C27H29NO3/c1-3-21-16-25(11-12-26(21)22-7-5-4-6-8-22)31-18-20-9-10-24-17-28(19(2)27(29)30)14-13-23(24)15-20/h4-12,15-16,19H,3,13-14,17-18H2,1-2H3,(H,29,30). The van der Waals surface area contributed by atoms with Crippen LogP contribution in [-0.2, 0) is 30.8 Å². The van der Waals surface area contributed by atoms with E-state index >= 15 is 0 Å². The highest BCUT2D eigenvalue weighted by Gasteiger charge is 2.25. The Morgan fingerprint density at radius 1 is 1.06 bits per heavy atom. The quantitative estimate of drug-likeness (QED) is 0.567. The maximum atomic E-state index is 11.3. The molecule has 3 aromatic rings. The summed E-state index contributed by atoms with van der Waals surface area (Å²) in [4.78, 5) is 13.3. The molecule has 1 aliphatic heterocycles. The third-order valence-corrected chi connectivity index (χ3v) is 6.17. The summed E-state index contributed by atoms with van der Waals surface area (Å²) in [6, 6.07) is 22.7. The van der Waals surface area contributed by atoms with Crippen LogP contribution >= 0.6 is 0 Å². The summed E-state index contributed by atoms with van der Waals surface area (Å²) in [5.41, 5.74) is 7.41. The molecule has 1 heterocycles. The van der Waals surface area contributed by atoms with Gasteiger partial charge in [0.15, 0.2) is 0 Å². The fraction of sp³-hybridized carbons (Fsp3) is 0.296. The van der Waals surface area contributed by atoms with Gasteiger partial charge in [0, 0.05) is 13.1 Å². The Kier molecular flexibility index (Phi) is 6.38. The summed E-state index contributed by atoms with van der Waals surface area (Å²) in [6.45, 7) is 5.90.